The van der Waals surface area contributed by atoms with E-state index in [4.69, 9.17) is 14.6 Å². The van der Waals surface area contributed by atoms with Gasteiger partial charge in [-0.05, 0) is 11.8 Å². The Kier molecular flexibility index (Phi) is 9.56. The number of nitrogens with zero attached hydrogens (tertiary/aromatic N) is 2. The van der Waals surface area contributed by atoms with Gasteiger partial charge in [-0.3, -0.25) is 0 Å². The van der Waals surface area contributed by atoms with Gasteiger partial charge in [0.25, 0.3) is 0 Å². The number of carbonyl (C=O) groups excluding carboxylic acids is 1. The molecule has 0 spiro atoms. The molecule has 1 unspecified atom stereocenters. The van der Waals surface area contributed by atoms with Crippen LogP contribution in [0.15, 0.2) is 24.5 Å². The van der Waals surface area contributed by atoms with Crippen LogP contribution in [0.25, 0.3) is 0 Å². The molecule has 0 fully saturated rings. The molecule has 25 heavy (non-hydrogen) atoms. The Labute approximate surface area is 151 Å². The molecule has 0 aliphatic carbocycles. The van der Waals surface area contributed by atoms with Gasteiger partial charge in [0, 0.05) is 42.9 Å². The normalized spacial score (nSPS) is 12.3. The molecule has 0 amide bonds. The first-order valence-electron chi connectivity index (χ1n) is 7.68. The van der Waals surface area contributed by atoms with Gasteiger partial charge in [-0.15, -0.1) is 0 Å². The minimum absolute atomic E-state index is 0.0498. The summed E-state index contributed by atoms with van der Waals surface area (Å²) in [5.74, 6) is -1.16. The number of hydrogen-bond acceptors (Lipinski definition) is 8. The van der Waals surface area contributed by atoms with E-state index in [1.807, 2.05) is 20.1 Å². The van der Waals surface area contributed by atoms with Crippen molar-refractivity contribution in [2.75, 3.05) is 19.4 Å². The number of thioether (sulfide) groups is 1. The van der Waals surface area contributed by atoms with Crippen LogP contribution in [-0.4, -0.2) is 58.6 Å². The lowest BCUT2D eigenvalue weighted by Crippen LogP contribution is -2.38. The molecular weight excluding hydrogens is 346 g/mol. The van der Waals surface area contributed by atoms with Crippen LogP contribution in [-0.2, 0) is 20.1 Å². The van der Waals surface area contributed by atoms with Crippen molar-refractivity contribution in [2.45, 2.75) is 31.7 Å². The number of aromatic nitrogens is 2. The molecule has 1 aromatic heterocycles. The molecule has 1 rings (SSSR count). The third kappa shape index (κ3) is 9.68. The standard InChI is InChI=1S/C16H23N3O5S/c1-11(2)17-8-13(24-15(22)5-4-14(20)21)9-23-16-18-6-12(7-19-16)10-25-3/h4-7,11,13,17H,8-10H2,1-3H3,(H,20,21)/b5-4+. The maximum Gasteiger partial charge on any atom is 0.331 e. The molecule has 0 saturated carbocycles. The van der Waals surface area contributed by atoms with Crippen molar-refractivity contribution in [1.82, 2.24) is 15.3 Å². The summed E-state index contributed by atoms with van der Waals surface area (Å²) in [7, 11) is 0. The molecule has 1 atom stereocenters. The zero-order valence-corrected chi connectivity index (χ0v) is 15.3. The van der Waals surface area contributed by atoms with Crippen molar-refractivity contribution in [3.05, 3.63) is 30.1 Å². The Morgan fingerprint density at radius 3 is 2.56 bits per heavy atom. The highest BCUT2D eigenvalue weighted by molar-refractivity contribution is 7.97. The predicted molar refractivity (Wildman–Crippen MR) is 94.5 cm³/mol. The monoisotopic (exact) mass is 369 g/mol. The second kappa shape index (κ2) is 11.4. The SMILES string of the molecule is CSCc1cnc(OCC(CNC(C)C)OC(=O)/C=C/C(=O)O)nc1. The van der Waals surface area contributed by atoms with Gasteiger partial charge >= 0.3 is 17.9 Å². The molecule has 1 aromatic rings. The van der Waals surface area contributed by atoms with E-state index in [0.29, 0.717) is 6.54 Å². The number of esters is 1. The van der Waals surface area contributed by atoms with Crippen LogP contribution in [0, 0.1) is 0 Å². The van der Waals surface area contributed by atoms with Crippen molar-refractivity contribution < 1.29 is 24.2 Å². The van der Waals surface area contributed by atoms with Crippen molar-refractivity contribution >= 4 is 23.7 Å². The molecule has 0 aliphatic heterocycles. The van der Waals surface area contributed by atoms with Crippen LogP contribution in [0.2, 0.25) is 0 Å². The summed E-state index contributed by atoms with van der Waals surface area (Å²) in [6.45, 7) is 4.32. The molecule has 0 aliphatic rings. The molecular formula is C16H23N3O5S. The highest BCUT2D eigenvalue weighted by Crippen LogP contribution is 2.09. The number of ether oxygens (including phenoxy) is 2. The van der Waals surface area contributed by atoms with Gasteiger partial charge in [0.15, 0.2) is 0 Å². The topological polar surface area (TPSA) is 111 Å². The van der Waals surface area contributed by atoms with E-state index in [1.165, 1.54) is 0 Å². The Bertz CT molecular complexity index is 578. The molecule has 8 nitrogen and oxygen atoms in total. The molecule has 2 N–H and O–H groups in total. The number of hydrogen-bond donors (Lipinski definition) is 2. The fourth-order valence-corrected chi connectivity index (χ4v) is 2.15. The average Bonchev–Trinajstić information content (AvgIpc) is 2.57. The van der Waals surface area contributed by atoms with E-state index in [1.54, 1.807) is 24.2 Å². The van der Waals surface area contributed by atoms with E-state index >= 15 is 0 Å². The lowest BCUT2D eigenvalue weighted by molar-refractivity contribution is -0.145. The first-order valence-corrected chi connectivity index (χ1v) is 9.07. The molecule has 0 aromatic carbocycles. The van der Waals surface area contributed by atoms with Gasteiger partial charge in [0.05, 0.1) is 0 Å². The molecule has 0 saturated heterocycles. The second-order valence-corrected chi connectivity index (χ2v) is 6.28. The molecule has 1 heterocycles. The average molecular weight is 369 g/mol. The Hall–Kier alpha value is -2.13. The summed E-state index contributed by atoms with van der Waals surface area (Å²) in [6.07, 6.45) is 6.33. The number of carboxylic acids is 1. The van der Waals surface area contributed by atoms with Crippen molar-refractivity contribution in [2.24, 2.45) is 0 Å². The van der Waals surface area contributed by atoms with E-state index in [-0.39, 0.29) is 18.7 Å². The molecule has 0 radical (unpaired) electrons. The van der Waals surface area contributed by atoms with Crippen molar-refractivity contribution in [1.29, 1.82) is 0 Å². The maximum atomic E-state index is 11.6. The predicted octanol–water partition coefficient (Wildman–Crippen LogP) is 1.27. The van der Waals surface area contributed by atoms with Crippen LogP contribution in [0.1, 0.15) is 19.4 Å². The van der Waals surface area contributed by atoms with Gasteiger partial charge in [-0.1, -0.05) is 13.8 Å². The lowest BCUT2D eigenvalue weighted by atomic mass is 10.3. The minimum atomic E-state index is -1.22. The lowest BCUT2D eigenvalue weighted by Gasteiger charge is -2.19. The number of carboxylic acid groups (broad SMARTS) is 1. The third-order valence-electron chi connectivity index (χ3n) is 2.79. The maximum absolute atomic E-state index is 11.6. The number of aliphatic carboxylic acids is 1. The zero-order valence-electron chi connectivity index (χ0n) is 14.5. The van der Waals surface area contributed by atoms with E-state index in [9.17, 15) is 9.59 Å². The molecule has 138 valence electrons. The number of nitrogens with one attached hydrogen (secondary N) is 1. The van der Waals surface area contributed by atoms with Gasteiger partial charge in [-0.25, -0.2) is 19.6 Å². The summed E-state index contributed by atoms with van der Waals surface area (Å²) < 4.78 is 10.7. The Morgan fingerprint density at radius 2 is 2.00 bits per heavy atom. The van der Waals surface area contributed by atoms with Gasteiger partial charge in [0.2, 0.25) is 0 Å². The first-order chi connectivity index (χ1) is 11.9. The van der Waals surface area contributed by atoms with Crippen LogP contribution in [0.5, 0.6) is 6.01 Å². The molecule has 0 bridgehead atoms. The Morgan fingerprint density at radius 1 is 1.32 bits per heavy atom. The number of rotatable bonds is 11. The minimum Gasteiger partial charge on any atom is -0.478 e. The van der Waals surface area contributed by atoms with E-state index in [2.05, 4.69) is 15.3 Å². The Balaban J connectivity index is 2.59. The van der Waals surface area contributed by atoms with Crippen molar-refractivity contribution in [3.63, 3.8) is 0 Å². The van der Waals surface area contributed by atoms with Crippen LogP contribution in [0.4, 0.5) is 0 Å². The second-order valence-electron chi connectivity index (χ2n) is 5.41. The highest BCUT2D eigenvalue weighted by Gasteiger charge is 2.15. The first kappa shape index (κ1) is 20.9. The quantitative estimate of drug-likeness (QED) is 0.440. The van der Waals surface area contributed by atoms with Crippen molar-refractivity contribution in [3.8, 4) is 6.01 Å². The summed E-state index contributed by atoms with van der Waals surface area (Å²) in [6, 6.07) is 0.384. The van der Waals surface area contributed by atoms with E-state index < -0.39 is 18.0 Å². The smallest absolute Gasteiger partial charge is 0.331 e. The fraction of sp³-hybridized carbons (Fsp3) is 0.500. The third-order valence-corrected chi connectivity index (χ3v) is 3.41. The highest BCUT2D eigenvalue weighted by atomic mass is 32.2. The summed E-state index contributed by atoms with van der Waals surface area (Å²) in [5.41, 5.74) is 0.989. The van der Waals surface area contributed by atoms with Crippen LogP contribution in [0.3, 0.4) is 0 Å². The summed E-state index contributed by atoms with van der Waals surface area (Å²) >= 11 is 1.67. The fourth-order valence-electron chi connectivity index (χ4n) is 1.67. The zero-order chi connectivity index (χ0) is 18.7. The summed E-state index contributed by atoms with van der Waals surface area (Å²) in [4.78, 5) is 30.3. The van der Waals surface area contributed by atoms with E-state index in [0.717, 1.165) is 23.5 Å². The largest absolute Gasteiger partial charge is 0.478 e. The van der Waals surface area contributed by atoms with Crippen LogP contribution >= 0.6 is 11.8 Å². The van der Waals surface area contributed by atoms with Gasteiger partial charge in [-0.2, -0.15) is 11.8 Å². The molecule has 9 heteroatoms. The van der Waals surface area contributed by atoms with Crippen LogP contribution < -0.4 is 10.1 Å². The summed E-state index contributed by atoms with van der Waals surface area (Å²) in [5, 5.41) is 11.7. The van der Waals surface area contributed by atoms with Gasteiger partial charge < -0.3 is 19.9 Å². The number of carbonyl (C=O) groups is 2. The van der Waals surface area contributed by atoms with Gasteiger partial charge in [0.1, 0.15) is 12.7 Å².